The number of fused-ring (bicyclic) bond motifs is 2. The SMILES string of the molecule is O=Cc1nnc2ccc(-c3ccc(OC(F)(F)F)cc3)cn12.OCc1nnc2ccc(-c3ccc(OC(F)(F)F)cc3)cn12. The maximum atomic E-state index is 12.1. The van der Waals surface area contributed by atoms with E-state index in [1.54, 1.807) is 41.1 Å². The molecule has 0 saturated heterocycles. The van der Waals surface area contributed by atoms with Crippen LogP contribution in [-0.4, -0.2) is 53.3 Å². The van der Waals surface area contributed by atoms with E-state index in [9.17, 15) is 36.2 Å². The second kappa shape index (κ2) is 12.0. The first kappa shape index (κ1) is 30.0. The highest BCUT2D eigenvalue weighted by Gasteiger charge is 2.31. The number of halogens is 6. The Morgan fingerprint density at radius 1 is 0.614 bits per heavy atom. The van der Waals surface area contributed by atoms with Crippen LogP contribution in [0.4, 0.5) is 26.3 Å². The summed E-state index contributed by atoms with van der Waals surface area (Å²) in [5, 5.41) is 24.4. The van der Waals surface area contributed by atoms with Gasteiger partial charge in [0.15, 0.2) is 23.4 Å². The Morgan fingerprint density at radius 2 is 1.05 bits per heavy atom. The van der Waals surface area contributed by atoms with Gasteiger partial charge in [-0.05, 0) is 70.8 Å². The highest BCUT2D eigenvalue weighted by Crippen LogP contribution is 2.28. The van der Waals surface area contributed by atoms with Crippen molar-refractivity contribution in [1.29, 1.82) is 0 Å². The lowest BCUT2D eigenvalue weighted by Crippen LogP contribution is -2.16. The number of carbonyl (C=O) groups is 1. The first-order valence-corrected chi connectivity index (χ1v) is 12.4. The molecular weight excluding hydrogens is 598 g/mol. The van der Waals surface area contributed by atoms with Gasteiger partial charge in [-0.3, -0.25) is 13.6 Å². The van der Waals surface area contributed by atoms with E-state index in [-0.39, 0.29) is 23.9 Å². The summed E-state index contributed by atoms with van der Waals surface area (Å²) in [5.41, 5.74) is 3.90. The summed E-state index contributed by atoms with van der Waals surface area (Å²) in [6, 6.07) is 17.8. The van der Waals surface area contributed by atoms with Crippen molar-refractivity contribution in [2.75, 3.05) is 0 Å². The first-order valence-electron chi connectivity index (χ1n) is 12.4. The van der Waals surface area contributed by atoms with Gasteiger partial charge in [0.2, 0.25) is 5.82 Å². The molecule has 0 aliphatic carbocycles. The number of aromatic nitrogens is 6. The van der Waals surface area contributed by atoms with Crippen LogP contribution in [0.5, 0.6) is 11.5 Å². The summed E-state index contributed by atoms with van der Waals surface area (Å²) in [6.07, 6.45) is -5.51. The fraction of sp³-hybridized carbons (Fsp3) is 0.107. The van der Waals surface area contributed by atoms with Crippen LogP contribution in [0.15, 0.2) is 85.2 Å². The normalized spacial score (nSPS) is 11.7. The molecule has 226 valence electrons. The highest BCUT2D eigenvalue weighted by atomic mass is 19.4. The smallest absolute Gasteiger partial charge is 0.406 e. The van der Waals surface area contributed by atoms with E-state index in [0.717, 1.165) is 5.56 Å². The van der Waals surface area contributed by atoms with Gasteiger partial charge in [-0.15, -0.1) is 46.7 Å². The van der Waals surface area contributed by atoms with Crippen molar-refractivity contribution in [2.24, 2.45) is 0 Å². The Kier molecular flexibility index (Phi) is 8.17. The van der Waals surface area contributed by atoms with Crippen molar-refractivity contribution >= 4 is 17.6 Å². The summed E-state index contributed by atoms with van der Waals surface area (Å²) in [7, 11) is 0. The van der Waals surface area contributed by atoms with Crippen molar-refractivity contribution in [2.45, 2.75) is 19.3 Å². The number of rotatable bonds is 6. The predicted octanol–water partition coefficient (Wildman–Crippen LogP) is 5.89. The van der Waals surface area contributed by atoms with Gasteiger partial charge in [0.1, 0.15) is 18.1 Å². The topological polar surface area (TPSA) is 116 Å². The van der Waals surface area contributed by atoms with Crippen molar-refractivity contribution in [1.82, 2.24) is 29.2 Å². The van der Waals surface area contributed by atoms with Crippen molar-refractivity contribution < 1.29 is 45.7 Å². The number of aliphatic hydroxyl groups is 1. The molecule has 0 amide bonds. The van der Waals surface area contributed by atoms with Crippen molar-refractivity contribution in [3.63, 3.8) is 0 Å². The van der Waals surface area contributed by atoms with Crippen LogP contribution in [0.25, 0.3) is 33.5 Å². The van der Waals surface area contributed by atoms with Gasteiger partial charge in [0.25, 0.3) is 0 Å². The second-order valence-corrected chi connectivity index (χ2v) is 8.89. The second-order valence-electron chi connectivity index (χ2n) is 8.89. The molecule has 0 radical (unpaired) electrons. The van der Waals surface area contributed by atoms with Gasteiger partial charge in [-0.2, -0.15) is 0 Å². The third kappa shape index (κ3) is 7.09. The molecule has 0 bridgehead atoms. The number of pyridine rings is 2. The number of aldehydes is 1. The fourth-order valence-electron chi connectivity index (χ4n) is 4.07. The zero-order chi connectivity index (χ0) is 31.5. The molecule has 0 aliphatic heterocycles. The van der Waals surface area contributed by atoms with E-state index in [4.69, 9.17) is 0 Å². The Labute approximate surface area is 242 Å². The van der Waals surface area contributed by atoms with E-state index >= 15 is 0 Å². The molecule has 0 saturated carbocycles. The molecule has 4 heterocycles. The molecule has 4 aromatic heterocycles. The summed E-state index contributed by atoms with van der Waals surface area (Å²) < 4.78 is 83.5. The summed E-state index contributed by atoms with van der Waals surface area (Å²) in [6.45, 7) is -0.261. The molecule has 0 atom stereocenters. The highest BCUT2D eigenvalue weighted by molar-refractivity contribution is 5.73. The fourth-order valence-corrected chi connectivity index (χ4v) is 4.07. The average Bonchev–Trinajstić information content (AvgIpc) is 3.59. The van der Waals surface area contributed by atoms with Crippen LogP contribution in [0.1, 0.15) is 16.4 Å². The molecule has 6 aromatic rings. The molecule has 2 aromatic carbocycles. The molecule has 44 heavy (non-hydrogen) atoms. The number of nitrogens with zero attached hydrogens (tertiary/aromatic N) is 6. The van der Waals surface area contributed by atoms with Crippen LogP contribution < -0.4 is 9.47 Å². The van der Waals surface area contributed by atoms with E-state index in [0.29, 0.717) is 40.1 Å². The largest absolute Gasteiger partial charge is 0.573 e. The van der Waals surface area contributed by atoms with E-state index in [1.165, 1.54) is 52.9 Å². The quantitative estimate of drug-likeness (QED) is 0.182. The van der Waals surface area contributed by atoms with Gasteiger partial charge in [-0.25, -0.2) is 0 Å². The van der Waals surface area contributed by atoms with Gasteiger partial charge >= 0.3 is 12.7 Å². The van der Waals surface area contributed by atoms with Crippen LogP contribution in [0.2, 0.25) is 0 Å². The van der Waals surface area contributed by atoms with Crippen molar-refractivity contribution in [3.8, 4) is 33.8 Å². The third-order valence-electron chi connectivity index (χ3n) is 5.99. The number of alkyl halides is 6. The molecule has 0 unspecified atom stereocenters. The standard InChI is InChI=1S/C14H10F3N3O2.C14H8F3N3O2/c2*15-14(16,17)22-11-4-1-9(2-5-11)10-3-6-12-18-19-13(8-21)20(12)7-10/h1-7,21H,8H2;1-8H. The third-order valence-corrected chi connectivity index (χ3v) is 5.99. The maximum Gasteiger partial charge on any atom is 0.573 e. The van der Waals surface area contributed by atoms with Crippen LogP contribution >= 0.6 is 0 Å². The first-order chi connectivity index (χ1) is 20.9. The molecule has 0 aliphatic rings. The molecule has 0 fully saturated rings. The van der Waals surface area contributed by atoms with Crippen molar-refractivity contribution in [3.05, 3.63) is 96.8 Å². The monoisotopic (exact) mass is 616 g/mol. The average molecular weight is 616 g/mol. The lowest BCUT2D eigenvalue weighted by atomic mass is 10.1. The minimum absolute atomic E-state index is 0.147. The number of hydrogen-bond acceptors (Lipinski definition) is 8. The molecule has 10 nitrogen and oxygen atoms in total. The molecular formula is C28H18F6N6O4. The van der Waals surface area contributed by atoms with E-state index in [1.807, 2.05) is 0 Å². The predicted molar refractivity (Wildman–Crippen MR) is 142 cm³/mol. The summed E-state index contributed by atoms with van der Waals surface area (Å²) in [5.74, 6) is -0.0457. The summed E-state index contributed by atoms with van der Waals surface area (Å²) >= 11 is 0. The molecule has 16 heteroatoms. The lowest BCUT2D eigenvalue weighted by molar-refractivity contribution is -0.275. The maximum absolute atomic E-state index is 12.1. The number of aliphatic hydroxyl groups excluding tert-OH is 1. The zero-order valence-electron chi connectivity index (χ0n) is 22.0. The summed E-state index contributed by atoms with van der Waals surface area (Å²) in [4.78, 5) is 10.9. The van der Waals surface area contributed by atoms with Gasteiger partial charge in [0.05, 0.1) is 0 Å². The Hall–Kier alpha value is -5.51. The van der Waals surface area contributed by atoms with Crippen LogP contribution in [-0.2, 0) is 6.61 Å². The number of hydrogen-bond donors (Lipinski definition) is 1. The van der Waals surface area contributed by atoms with Crippen LogP contribution in [0, 0.1) is 0 Å². The lowest BCUT2D eigenvalue weighted by Gasteiger charge is -2.09. The Morgan fingerprint density at radius 3 is 1.50 bits per heavy atom. The van der Waals surface area contributed by atoms with Gasteiger partial charge in [0, 0.05) is 12.4 Å². The zero-order valence-corrected chi connectivity index (χ0v) is 22.0. The van der Waals surface area contributed by atoms with E-state index in [2.05, 4.69) is 29.9 Å². The number of benzene rings is 2. The van der Waals surface area contributed by atoms with E-state index < -0.39 is 12.7 Å². The van der Waals surface area contributed by atoms with Gasteiger partial charge < -0.3 is 14.6 Å². The van der Waals surface area contributed by atoms with Gasteiger partial charge in [-0.1, -0.05) is 24.3 Å². The number of carbonyl (C=O) groups excluding carboxylic acids is 1. The van der Waals surface area contributed by atoms with Crippen LogP contribution in [0.3, 0.4) is 0 Å². The molecule has 6 rings (SSSR count). The molecule has 1 N–H and O–H groups in total. The number of ether oxygens (including phenoxy) is 2. The molecule has 0 spiro atoms. The minimum Gasteiger partial charge on any atom is -0.406 e. The Bertz CT molecular complexity index is 1900. The minimum atomic E-state index is -4.72. The Balaban J connectivity index is 0.000000175.